The maximum atomic E-state index is 11.6. The fourth-order valence-corrected chi connectivity index (χ4v) is 2.14. The molecule has 0 aromatic heterocycles. The molecule has 8 heteroatoms. The number of methoxy groups -OCH3 is 1. The van der Waals surface area contributed by atoms with Gasteiger partial charge in [0.1, 0.15) is 17.1 Å². The molecule has 0 unspecified atom stereocenters. The number of alkyl carbamates (subject to hydrolysis) is 1. The van der Waals surface area contributed by atoms with E-state index in [1.807, 2.05) is 52.0 Å². The van der Waals surface area contributed by atoms with Crippen LogP contribution in [0.1, 0.15) is 34.1 Å². The lowest BCUT2D eigenvalue weighted by Gasteiger charge is -2.19. The predicted octanol–water partition coefficient (Wildman–Crippen LogP) is 2.54. The lowest BCUT2D eigenvalue weighted by Crippen LogP contribution is -2.42. The van der Waals surface area contributed by atoms with E-state index < -0.39 is 11.7 Å². The lowest BCUT2D eigenvalue weighted by atomic mass is 10.2. The van der Waals surface area contributed by atoms with E-state index in [2.05, 4.69) is 20.9 Å². The number of nitrogens with one attached hydrogen (secondary N) is 3. The van der Waals surface area contributed by atoms with E-state index in [1.54, 1.807) is 7.11 Å². The van der Waals surface area contributed by atoms with Crippen LogP contribution >= 0.6 is 0 Å². The maximum absolute atomic E-state index is 11.6. The topological polar surface area (TPSA) is 93.2 Å². The van der Waals surface area contributed by atoms with E-state index >= 15 is 0 Å². The van der Waals surface area contributed by atoms with Gasteiger partial charge in [0.15, 0.2) is 5.96 Å². The number of hydrogen-bond donors (Lipinski definition) is 3. The third kappa shape index (κ3) is 11.2. The molecule has 1 rings (SSSR count). The summed E-state index contributed by atoms with van der Waals surface area (Å²) >= 11 is 0. The fraction of sp³-hybridized carbons (Fsp3) is 0.600. The maximum Gasteiger partial charge on any atom is 0.407 e. The number of rotatable bonds is 10. The Morgan fingerprint density at radius 3 is 2.50 bits per heavy atom. The van der Waals surface area contributed by atoms with Gasteiger partial charge in [0.25, 0.3) is 0 Å². The van der Waals surface area contributed by atoms with E-state index in [4.69, 9.17) is 14.2 Å². The second-order valence-corrected chi connectivity index (χ2v) is 7.00. The van der Waals surface area contributed by atoms with Crippen molar-refractivity contribution in [3.8, 4) is 11.5 Å². The standard InChI is InChI=1S/C20H34N4O4/c1-6-21-18(23-12-13-24-19(25)28-20(2,3)4)22-11-8-14-27-17-10-7-9-16(15-17)26-5/h7,9-10,15H,6,8,11-14H2,1-5H3,(H,24,25)(H2,21,22,23). The molecule has 158 valence electrons. The highest BCUT2D eigenvalue weighted by atomic mass is 16.6. The van der Waals surface area contributed by atoms with Gasteiger partial charge in [-0.1, -0.05) is 6.07 Å². The molecule has 0 spiro atoms. The molecule has 0 saturated carbocycles. The Balaban J connectivity index is 2.26. The second-order valence-electron chi connectivity index (χ2n) is 7.00. The molecule has 0 heterocycles. The summed E-state index contributed by atoms with van der Waals surface area (Å²) < 4.78 is 16.1. The Labute approximate surface area is 168 Å². The van der Waals surface area contributed by atoms with Gasteiger partial charge in [0.05, 0.1) is 13.7 Å². The van der Waals surface area contributed by atoms with Crippen molar-refractivity contribution in [1.29, 1.82) is 0 Å². The minimum Gasteiger partial charge on any atom is -0.497 e. The quantitative estimate of drug-likeness (QED) is 0.321. The highest BCUT2D eigenvalue weighted by Crippen LogP contribution is 2.18. The van der Waals surface area contributed by atoms with Gasteiger partial charge < -0.3 is 30.2 Å². The fourth-order valence-electron chi connectivity index (χ4n) is 2.14. The molecule has 0 radical (unpaired) electrons. The number of benzene rings is 1. The van der Waals surface area contributed by atoms with Gasteiger partial charge in [-0.3, -0.25) is 4.99 Å². The van der Waals surface area contributed by atoms with Crippen LogP contribution in [0.3, 0.4) is 0 Å². The number of ether oxygens (including phenoxy) is 3. The molecule has 1 aromatic rings. The van der Waals surface area contributed by atoms with Crippen LogP contribution in [-0.4, -0.2) is 57.5 Å². The molecular formula is C20H34N4O4. The molecule has 0 saturated heterocycles. The molecule has 0 aliphatic heterocycles. The average Bonchev–Trinajstić information content (AvgIpc) is 2.63. The third-order valence-electron chi connectivity index (χ3n) is 3.31. The first-order valence-corrected chi connectivity index (χ1v) is 9.60. The zero-order valence-corrected chi connectivity index (χ0v) is 17.6. The molecule has 0 atom stereocenters. The molecule has 8 nitrogen and oxygen atoms in total. The predicted molar refractivity (Wildman–Crippen MR) is 111 cm³/mol. The molecular weight excluding hydrogens is 360 g/mol. The number of carbonyl (C=O) groups is 1. The van der Waals surface area contributed by atoms with Gasteiger partial charge in [0, 0.05) is 38.7 Å². The number of amides is 1. The minimum absolute atomic E-state index is 0.425. The average molecular weight is 395 g/mol. The van der Waals surface area contributed by atoms with Crippen molar-refractivity contribution < 1.29 is 19.0 Å². The summed E-state index contributed by atoms with van der Waals surface area (Å²) in [5, 5.41) is 9.05. The van der Waals surface area contributed by atoms with Crippen molar-refractivity contribution in [1.82, 2.24) is 16.0 Å². The van der Waals surface area contributed by atoms with E-state index in [9.17, 15) is 4.79 Å². The normalized spacial score (nSPS) is 11.5. The smallest absolute Gasteiger partial charge is 0.407 e. The monoisotopic (exact) mass is 394 g/mol. The third-order valence-corrected chi connectivity index (χ3v) is 3.31. The molecule has 0 aliphatic rings. The number of carbonyl (C=O) groups excluding carboxylic acids is 1. The van der Waals surface area contributed by atoms with Gasteiger partial charge in [-0.15, -0.1) is 0 Å². The number of guanidine groups is 1. The summed E-state index contributed by atoms with van der Waals surface area (Å²) in [7, 11) is 1.63. The highest BCUT2D eigenvalue weighted by Gasteiger charge is 2.15. The SMILES string of the molecule is CCNC(=NCCCOc1cccc(OC)c1)NCCNC(=O)OC(C)(C)C. The van der Waals surface area contributed by atoms with Crippen molar-refractivity contribution >= 4 is 12.1 Å². The summed E-state index contributed by atoms with van der Waals surface area (Å²) in [5.41, 5.74) is -0.499. The van der Waals surface area contributed by atoms with Crippen LogP contribution in [0.2, 0.25) is 0 Å². The van der Waals surface area contributed by atoms with Gasteiger partial charge in [-0.05, 0) is 39.8 Å². The summed E-state index contributed by atoms with van der Waals surface area (Å²) in [6, 6.07) is 7.52. The molecule has 3 N–H and O–H groups in total. The van der Waals surface area contributed by atoms with Crippen LogP contribution < -0.4 is 25.4 Å². The highest BCUT2D eigenvalue weighted by molar-refractivity contribution is 5.79. The first-order chi connectivity index (χ1) is 13.3. The Hall–Kier alpha value is -2.64. The molecule has 0 bridgehead atoms. The number of nitrogens with zero attached hydrogens (tertiary/aromatic N) is 1. The van der Waals surface area contributed by atoms with E-state index in [1.165, 1.54) is 0 Å². The number of hydrogen-bond acceptors (Lipinski definition) is 5. The van der Waals surface area contributed by atoms with Gasteiger partial charge in [-0.25, -0.2) is 4.79 Å². The van der Waals surface area contributed by atoms with Crippen molar-refractivity contribution in [2.45, 2.75) is 39.7 Å². The Kier molecular flexibility index (Phi) is 10.6. The van der Waals surface area contributed by atoms with Crippen molar-refractivity contribution in [3.05, 3.63) is 24.3 Å². The molecule has 28 heavy (non-hydrogen) atoms. The first-order valence-electron chi connectivity index (χ1n) is 9.60. The first kappa shape index (κ1) is 23.4. The molecule has 0 aliphatic carbocycles. The summed E-state index contributed by atoms with van der Waals surface area (Å²) in [5.74, 6) is 2.26. The zero-order valence-electron chi connectivity index (χ0n) is 17.6. The van der Waals surface area contributed by atoms with Crippen LogP contribution in [-0.2, 0) is 4.74 Å². The molecule has 1 amide bonds. The van der Waals surface area contributed by atoms with Gasteiger partial charge in [-0.2, -0.15) is 0 Å². The van der Waals surface area contributed by atoms with Crippen molar-refractivity contribution in [3.63, 3.8) is 0 Å². The van der Waals surface area contributed by atoms with Crippen LogP contribution in [0, 0.1) is 0 Å². The van der Waals surface area contributed by atoms with E-state index in [0.29, 0.717) is 32.2 Å². The van der Waals surface area contributed by atoms with Crippen LogP contribution in [0.5, 0.6) is 11.5 Å². The Bertz CT molecular complexity index is 614. The van der Waals surface area contributed by atoms with Crippen LogP contribution in [0.4, 0.5) is 4.79 Å². The minimum atomic E-state index is -0.499. The zero-order chi connectivity index (χ0) is 20.8. The van der Waals surface area contributed by atoms with E-state index in [0.717, 1.165) is 24.5 Å². The summed E-state index contributed by atoms with van der Waals surface area (Å²) in [6.45, 7) is 10.4. The lowest BCUT2D eigenvalue weighted by molar-refractivity contribution is 0.0529. The van der Waals surface area contributed by atoms with Crippen molar-refractivity contribution in [2.75, 3.05) is 39.9 Å². The molecule has 0 fully saturated rings. The summed E-state index contributed by atoms with van der Waals surface area (Å²) in [6.07, 6.45) is 0.357. The van der Waals surface area contributed by atoms with Gasteiger partial charge in [0.2, 0.25) is 0 Å². The largest absolute Gasteiger partial charge is 0.497 e. The Morgan fingerprint density at radius 2 is 1.82 bits per heavy atom. The number of aliphatic imine (C=N–C) groups is 1. The Morgan fingerprint density at radius 1 is 1.11 bits per heavy atom. The molecule has 1 aromatic carbocycles. The van der Waals surface area contributed by atoms with Crippen molar-refractivity contribution in [2.24, 2.45) is 4.99 Å². The summed E-state index contributed by atoms with van der Waals surface area (Å²) in [4.78, 5) is 16.1. The van der Waals surface area contributed by atoms with Crippen LogP contribution in [0.15, 0.2) is 29.3 Å². The van der Waals surface area contributed by atoms with E-state index in [-0.39, 0.29) is 0 Å². The van der Waals surface area contributed by atoms with Crippen LogP contribution in [0.25, 0.3) is 0 Å². The second kappa shape index (κ2) is 12.7. The van der Waals surface area contributed by atoms with Gasteiger partial charge >= 0.3 is 6.09 Å².